The number of hydrogen-bond acceptors (Lipinski definition) is 0. The van der Waals surface area contributed by atoms with Crippen LogP contribution in [-0.4, -0.2) is 3.21 Å². The topological polar surface area (TPSA) is 0 Å². The van der Waals surface area contributed by atoms with E-state index in [4.69, 9.17) is 0 Å². The predicted molar refractivity (Wildman–Crippen MR) is 235 cm³/mol. The van der Waals surface area contributed by atoms with Gasteiger partial charge in [0, 0.05) is 0 Å². The van der Waals surface area contributed by atoms with Gasteiger partial charge in [0.1, 0.15) is 0 Å². The molecule has 300 valence electrons. The molecule has 57 heavy (non-hydrogen) atoms. The van der Waals surface area contributed by atoms with E-state index in [9.17, 15) is 0 Å². The van der Waals surface area contributed by atoms with Gasteiger partial charge in [-0.05, 0) is 72.5 Å². The van der Waals surface area contributed by atoms with Crippen molar-refractivity contribution < 1.29 is 49.0 Å². The molecule has 5 aromatic rings. The van der Waals surface area contributed by atoms with Crippen LogP contribution >= 0.6 is 0 Å². The normalized spacial score (nSPS) is 23.4. The molecular weight excluding hydrogens is 811 g/mol. The van der Waals surface area contributed by atoms with Crippen molar-refractivity contribution in [1.82, 2.24) is 0 Å². The molecule has 0 spiro atoms. The Morgan fingerprint density at radius 2 is 1.05 bits per heavy atom. The van der Waals surface area contributed by atoms with Gasteiger partial charge >= 0.3 is 112 Å². The smallest absolute Gasteiger partial charge is 1.00 e. The van der Waals surface area contributed by atoms with Gasteiger partial charge in [-0.1, -0.05) is 103 Å². The minimum Gasteiger partial charge on any atom is -1.00 e. The van der Waals surface area contributed by atoms with Crippen molar-refractivity contribution in [3.63, 3.8) is 0 Å². The molecule has 5 aromatic carbocycles. The number of allylic oxidation sites excluding steroid dienone is 4. The molecule has 4 saturated carbocycles. The molecule has 0 aliphatic heterocycles. The summed E-state index contributed by atoms with van der Waals surface area (Å²) in [5.74, 6) is 3.82. The summed E-state index contributed by atoms with van der Waals surface area (Å²) in [4.78, 5) is 0. The number of halogens is 2. The minimum absolute atomic E-state index is 0. The fourth-order valence-electron chi connectivity index (χ4n) is 10.6. The maximum Gasteiger partial charge on any atom is -1.00 e. The van der Waals surface area contributed by atoms with Crippen LogP contribution in [0.4, 0.5) is 0 Å². The molecule has 0 nitrogen and oxygen atoms in total. The van der Waals surface area contributed by atoms with Gasteiger partial charge < -0.3 is 24.8 Å². The van der Waals surface area contributed by atoms with Crippen molar-refractivity contribution in [1.29, 1.82) is 0 Å². The first-order valence-electron chi connectivity index (χ1n) is 21.1. The molecule has 0 aromatic heterocycles. The Morgan fingerprint density at radius 1 is 0.649 bits per heavy atom. The third-order valence-corrected chi connectivity index (χ3v) is 14.6. The Bertz CT molecular complexity index is 2080. The number of benzene rings is 4. The monoisotopic (exact) mass is 872 g/mol. The molecule has 0 radical (unpaired) electrons. The standard InChI is InChI=1S/C21H25.C18H25.C15H14.2ClH.Zr/c1-20(2,3)16-7-9-18-14(12-16)11-15-13-17(21(4,5)6)8-10-19(15)18;1-12-3-13(2)17(4-12)11-18-8-14-5-15(9-18)7-16(6-14)10-18;1-12-3-7-14(8-4-12)11-15-9-5-13(2)6-10-15;;;/h7-13H,1-6H3;4,12,14-16H,5-11H2,1-2H3;3-10H,1-2H3;2*1H;/q2*-1;;;;+2/p-2. The summed E-state index contributed by atoms with van der Waals surface area (Å²) >= 11 is 1.46. The summed E-state index contributed by atoms with van der Waals surface area (Å²) in [5.41, 5.74) is 12.3. The van der Waals surface area contributed by atoms with E-state index in [2.05, 4.69) is 172 Å². The van der Waals surface area contributed by atoms with E-state index < -0.39 is 0 Å². The second-order valence-corrected chi connectivity index (χ2v) is 21.4. The van der Waals surface area contributed by atoms with Gasteiger partial charge in [0.25, 0.3) is 0 Å². The van der Waals surface area contributed by atoms with Crippen LogP contribution in [0.2, 0.25) is 0 Å². The van der Waals surface area contributed by atoms with Crippen LogP contribution in [0, 0.1) is 49.0 Å². The Kier molecular flexibility index (Phi) is 14.4. The molecule has 0 saturated heterocycles. The average molecular weight is 875 g/mol. The van der Waals surface area contributed by atoms with Crippen molar-refractivity contribution in [3.05, 3.63) is 148 Å². The quantitative estimate of drug-likeness (QED) is 0.159. The number of hydrogen-bond donors (Lipinski definition) is 0. The summed E-state index contributed by atoms with van der Waals surface area (Å²) in [5, 5.41) is 5.48. The van der Waals surface area contributed by atoms with E-state index in [-0.39, 0.29) is 35.6 Å². The van der Waals surface area contributed by atoms with Gasteiger partial charge in [-0.15, -0.1) is 39.7 Å². The van der Waals surface area contributed by atoms with Gasteiger partial charge in [-0.25, -0.2) is 5.57 Å². The van der Waals surface area contributed by atoms with E-state index in [0.29, 0.717) is 11.3 Å². The number of rotatable bonds is 4. The van der Waals surface area contributed by atoms with E-state index >= 15 is 0 Å². The molecular formula is C54H64Cl2Zr-2. The summed E-state index contributed by atoms with van der Waals surface area (Å²) < 4.78 is 1.42. The van der Waals surface area contributed by atoms with Gasteiger partial charge in [0.05, 0.1) is 0 Å². The minimum atomic E-state index is 0. The van der Waals surface area contributed by atoms with Crippen LogP contribution in [0.1, 0.15) is 134 Å². The summed E-state index contributed by atoms with van der Waals surface area (Å²) in [6, 6.07) is 33.7. The van der Waals surface area contributed by atoms with Gasteiger partial charge in [0.2, 0.25) is 0 Å². The molecule has 0 N–H and O–H groups in total. The molecule has 1 unspecified atom stereocenters. The zero-order valence-corrected chi connectivity index (χ0v) is 40.2. The van der Waals surface area contributed by atoms with E-state index in [1.165, 1.54) is 94.4 Å². The summed E-state index contributed by atoms with van der Waals surface area (Å²) in [6.45, 7) is 22.4. The van der Waals surface area contributed by atoms with Crippen molar-refractivity contribution in [2.24, 2.45) is 29.1 Å². The van der Waals surface area contributed by atoms with Crippen molar-refractivity contribution in [2.45, 2.75) is 125 Å². The zero-order chi connectivity index (χ0) is 39.3. The SMILES string of the molecule is CC(C)(C)c1ccc2c(c1)[cH-]c1cc(C(C)(C)C)ccc12.CC1=[C-]C(C)C=C1CC12CC3CC(CC(C3)C1)C2.Cc1ccc([C](=[Zr+2])c2ccc(C)cc2)cc1.[Cl-].[Cl-]. The fourth-order valence-corrected chi connectivity index (χ4v) is 11.4. The molecule has 5 aliphatic rings. The first-order valence-corrected chi connectivity index (χ1v) is 22.4. The van der Waals surface area contributed by atoms with Crippen LogP contribution in [0.25, 0.3) is 21.5 Å². The summed E-state index contributed by atoms with van der Waals surface area (Å²) in [7, 11) is 0. The molecule has 3 heteroatoms. The second-order valence-electron chi connectivity index (χ2n) is 20.2. The molecule has 0 amide bonds. The molecule has 4 bridgehead atoms. The van der Waals surface area contributed by atoms with Crippen LogP contribution in [0.5, 0.6) is 0 Å². The fraction of sp³-hybridized carbons (Fsp3) is 0.444. The largest absolute Gasteiger partial charge is 1.00 e. The van der Waals surface area contributed by atoms with Crippen molar-refractivity contribution in [3.8, 4) is 0 Å². The van der Waals surface area contributed by atoms with Gasteiger partial charge in [-0.3, -0.25) is 6.08 Å². The first-order chi connectivity index (χ1) is 25.9. The number of fused-ring (bicyclic) bond motifs is 3. The van der Waals surface area contributed by atoms with Crippen LogP contribution in [0.15, 0.2) is 108 Å². The van der Waals surface area contributed by atoms with E-state index in [1.807, 2.05) is 0 Å². The Labute approximate surface area is 372 Å². The van der Waals surface area contributed by atoms with Crippen LogP contribution in [-0.2, 0) is 35.1 Å². The predicted octanol–water partition coefficient (Wildman–Crippen LogP) is 8.65. The zero-order valence-electron chi connectivity index (χ0n) is 36.3. The Hall–Kier alpha value is -2.44. The first kappa shape index (κ1) is 45.6. The molecule has 0 heterocycles. The molecule has 5 aliphatic carbocycles. The van der Waals surface area contributed by atoms with Gasteiger partial charge in [-0.2, -0.15) is 11.6 Å². The third-order valence-electron chi connectivity index (χ3n) is 13.2. The molecule has 4 fully saturated rings. The second kappa shape index (κ2) is 18.0. The Balaban J connectivity index is 0.000000162. The maximum atomic E-state index is 3.57. The Morgan fingerprint density at radius 3 is 1.40 bits per heavy atom. The third kappa shape index (κ3) is 10.7. The average Bonchev–Trinajstić information content (AvgIpc) is 3.64. The molecule has 1 atom stereocenters. The molecule has 10 rings (SSSR count). The van der Waals surface area contributed by atoms with Gasteiger partial charge in [0.15, 0.2) is 0 Å². The summed E-state index contributed by atoms with van der Waals surface area (Å²) in [6.07, 6.45) is 16.7. The van der Waals surface area contributed by atoms with E-state index in [1.54, 1.807) is 44.1 Å². The van der Waals surface area contributed by atoms with Crippen LogP contribution in [0.3, 0.4) is 0 Å². The van der Waals surface area contributed by atoms with Crippen LogP contribution < -0.4 is 24.8 Å². The van der Waals surface area contributed by atoms with Crippen molar-refractivity contribution in [2.75, 3.05) is 0 Å². The number of aryl methyl sites for hydroxylation is 2. The van der Waals surface area contributed by atoms with E-state index in [0.717, 1.165) is 17.8 Å². The van der Waals surface area contributed by atoms with Crippen molar-refractivity contribution >= 4 is 24.8 Å². The maximum absolute atomic E-state index is 3.57.